The number of anilines is 1. The van der Waals surface area contributed by atoms with Crippen LogP contribution in [0.2, 0.25) is 0 Å². The number of piperidine rings is 1. The minimum atomic E-state index is -0.212. The highest BCUT2D eigenvalue weighted by Gasteiger charge is 2.47. The lowest BCUT2D eigenvalue weighted by Crippen LogP contribution is -2.55. The number of fused-ring (bicyclic) bond motifs is 1. The van der Waals surface area contributed by atoms with Gasteiger partial charge in [-0.3, -0.25) is 0 Å². The second-order valence-corrected chi connectivity index (χ2v) is 10.1. The number of methoxy groups -OCH3 is 1. The minimum Gasteiger partial charge on any atom is -0.495 e. The fourth-order valence-corrected chi connectivity index (χ4v) is 5.62. The summed E-state index contributed by atoms with van der Waals surface area (Å²) in [7, 11) is 1.67. The van der Waals surface area contributed by atoms with Crippen molar-refractivity contribution >= 4 is 17.6 Å². The molecule has 1 saturated heterocycles. The van der Waals surface area contributed by atoms with E-state index in [1.165, 1.54) is 24.8 Å². The van der Waals surface area contributed by atoms with Gasteiger partial charge in [0, 0.05) is 24.6 Å². The fourth-order valence-electron chi connectivity index (χ4n) is 5.62. The molecule has 188 valence electrons. The molecule has 6 nitrogen and oxygen atoms in total. The Kier molecular flexibility index (Phi) is 6.48. The van der Waals surface area contributed by atoms with Gasteiger partial charge in [-0.25, -0.2) is 4.39 Å². The number of amidine groups is 1. The first kappa shape index (κ1) is 24.0. The molecule has 2 aromatic carbocycles. The minimum absolute atomic E-state index is 0.114. The van der Waals surface area contributed by atoms with Gasteiger partial charge >= 0.3 is 0 Å². The van der Waals surface area contributed by atoms with E-state index in [1.807, 2.05) is 42.3 Å². The predicted octanol–water partition coefficient (Wildman–Crippen LogP) is 5.52. The van der Waals surface area contributed by atoms with Crippen LogP contribution in [-0.2, 0) is 0 Å². The molecule has 0 aromatic heterocycles. The van der Waals surface area contributed by atoms with Gasteiger partial charge in [-0.05, 0) is 78.6 Å². The maximum Gasteiger partial charge on any atom is 0.152 e. The lowest BCUT2D eigenvalue weighted by Gasteiger charge is -2.53. The number of halogens is 1. The standard InChI is InChI=1S/C29H34FN5O/c1-4-34(18-20(2)31)25-11-6-21(15-27(25)36-3)14-23-16-29(12-5-13-29)19-35-26(17-32-33-28(23)35)22-7-9-24(30)10-8-22/h4,6-11,14-15,18,26,32H,1,5,12-13,16-17,19,31H2,2-3H3/b20-18-,23-14+. The molecule has 3 aliphatic rings. The Bertz CT molecular complexity index is 1220. The second-order valence-electron chi connectivity index (χ2n) is 10.1. The molecule has 2 aromatic rings. The topological polar surface area (TPSA) is 66.1 Å². The molecule has 2 aliphatic heterocycles. The Morgan fingerprint density at radius 1 is 1.28 bits per heavy atom. The van der Waals surface area contributed by atoms with Crippen LogP contribution in [0.15, 0.2) is 77.8 Å². The molecule has 3 N–H and O–H groups in total. The first-order valence-corrected chi connectivity index (χ1v) is 12.5. The number of nitrogens with two attached hydrogens (primary N) is 1. The summed E-state index contributed by atoms with van der Waals surface area (Å²) in [6.45, 7) is 7.42. The zero-order valence-corrected chi connectivity index (χ0v) is 21.0. The summed E-state index contributed by atoms with van der Waals surface area (Å²) in [5.41, 5.74) is 14.3. The van der Waals surface area contributed by atoms with Gasteiger partial charge in [-0.15, -0.1) is 0 Å². The maximum atomic E-state index is 13.6. The van der Waals surface area contributed by atoms with E-state index in [-0.39, 0.29) is 17.3 Å². The van der Waals surface area contributed by atoms with Crippen molar-refractivity contribution in [3.63, 3.8) is 0 Å². The molecule has 1 saturated carbocycles. The average molecular weight is 488 g/mol. The monoisotopic (exact) mass is 487 g/mol. The molecular weight excluding hydrogens is 453 g/mol. The zero-order chi connectivity index (χ0) is 25.3. The summed E-state index contributed by atoms with van der Waals surface area (Å²) in [6, 6.07) is 13.1. The van der Waals surface area contributed by atoms with Crippen molar-refractivity contribution < 1.29 is 9.13 Å². The molecule has 36 heavy (non-hydrogen) atoms. The molecule has 7 heteroatoms. The summed E-state index contributed by atoms with van der Waals surface area (Å²) in [4.78, 5) is 4.29. The molecule has 1 unspecified atom stereocenters. The van der Waals surface area contributed by atoms with Crippen molar-refractivity contribution in [3.8, 4) is 5.75 Å². The quantitative estimate of drug-likeness (QED) is 0.562. The smallest absolute Gasteiger partial charge is 0.152 e. The third kappa shape index (κ3) is 4.57. The van der Waals surface area contributed by atoms with Crippen molar-refractivity contribution in [1.82, 2.24) is 10.3 Å². The van der Waals surface area contributed by atoms with Gasteiger partial charge in [0.2, 0.25) is 0 Å². The highest BCUT2D eigenvalue weighted by molar-refractivity contribution is 6.03. The third-order valence-electron chi connectivity index (χ3n) is 7.51. The van der Waals surface area contributed by atoms with Crippen LogP contribution < -0.4 is 20.8 Å². The van der Waals surface area contributed by atoms with E-state index in [9.17, 15) is 4.39 Å². The first-order valence-electron chi connectivity index (χ1n) is 12.5. The van der Waals surface area contributed by atoms with Gasteiger partial charge in [0.05, 0.1) is 25.4 Å². The predicted molar refractivity (Wildman–Crippen MR) is 144 cm³/mol. The molecular formula is C29H34FN5O. The SMILES string of the molecule is C=CN(/C=C(/C)N)c1ccc(/C=C2\CC3(CCC3)CN3C2=NNCC3c2ccc(F)cc2)cc1OC. The van der Waals surface area contributed by atoms with Crippen LogP contribution in [0.4, 0.5) is 10.1 Å². The largest absolute Gasteiger partial charge is 0.495 e. The van der Waals surface area contributed by atoms with Crippen molar-refractivity contribution in [2.75, 3.05) is 25.1 Å². The van der Waals surface area contributed by atoms with Crippen LogP contribution in [0.25, 0.3) is 6.08 Å². The number of hydrogen-bond acceptors (Lipinski definition) is 6. The van der Waals surface area contributed by atoms with Crippen molar-refractivity contribution in [2.24, 2.45) is 16.3 Å². The van der Waals surface area contributed by atoms with Gasteiger partial charge in [0.25, 0.3) is 0 Å². The number of rotatable bonds is 6. The van der Waals surface area contributed by atoms with Crippen molar-refractivity contribution in [1.29, 1.82) is 0 Å². The summed E-state index contributed by atoms with van der Waals surface area (Å²) < 4.78 is 19.3. The lowest BCUT2D eigenvalue weighted by molar-refractivity contribution is 0.0644. The normalized spacial score (nSPS) is 21.8. The highest BCUT2D eigenvalue weighted by Crippen LogP contribution is 2.51. The molecule has 1 aliphatic carbocycles. The Morgan fingerprint density at radius 3 is 2.69 bits per heavy atom. The van der Waals surface area contributed by atoms with Crippen molar-refractivity contribution in [3.05, 3.63) is 89.7 Å². The van der Waals surface area contributed by atoms with E-state index < -0.39 is 0 Å². The van der Waals surface area contributed by atoms with Crippen LogP contribution in [-0.4, -0.2) is 30.9 Å². The summed E-state index contributed by atoms with van der Waals surface area (Å²) in [6.07, 6.45) is 10.5. The van der Waals surface area contributed by atoms with Crippen molar-refractivity contribution in [2.45, 2.75) is 38.6 Å². The number of ether oxygens (including phenoxy) is 1. The Labute approximate surface area is 212 Å². The van der Waals surface area contributed by atoms with Crippen LogP contribution in [0.5, 0.6) is 5.75 Å². The number of nitrogens with one attached hydrogen (secondary N) is 1. The van der Waals surface area contributed by atoms with Gasteiger partial charge in [-0.1, -0.05) is 31.2 Å². The molecule has 2 heterocycles. The average Bonchev–Trinajstić information content (AvgIpc) is 2.86. The molecule has 2 fully saturated rings. The Balaban J connectivity index is 1.51. The Hall–Kier alpha value is -3.74. The summed E-state index contributed by atoms with van der Waals surface area (Å²) >= 11 is 0. The summed E-state index contributed by atoms with van der Waals surface area (Å²) in [5, 5.41) is 4.76. The molecule has 1 atom stereocenters. The number of hydrogen-bond donors (Lipinski definition) is 2. The highest BCUT2D eigenvalue weighted by atomic mass is 19.1. The number of allylic oxidation sites excluding steroid dienone is 1. The molecule has 0 bridgehead atoms. The van der Waals surface area contributed by atoms with E-state index in [0.29, 0.717) is 12.2 Å². The Morgan fingerprint density at radius 2 is 2.06 bits per heavy atom. The number of benzene rings is 2. The van der Waals surface area contributed by atoms with Gasteiger partial charge < -0.3 is 25.7 Å². The van der Waals surface area contributed by atoms with Crippen LogP contribution >= 0.6 is 0 Å². The third-order valence-corrected chi connectivity index (χ3v) is 7.51. The molecule has 0 radical (unpaired) electrons. The van der Waals surface area contributed by atoms with Crippen LogP contribution in [0.1, 0.15) is 49.8 Å². The molecule has 5 rings (SSSR count). The second kappa shape index (κ2) is 9.72. The van der Waals surface area contributed by atoms with Gasteiger partial charge in [-0.2, -0.15) is 5.10 Å². The first-order chi connectivity index (χ1) is 17.4. The van der Waals surface area contributed by atoms with Gasteiger partial charge in [0.1, 0.15) is 11.6 Å². The molecule has 1 spiro atoms. The lowest BCUT2D eigenvalue weighted by atomic mass is 9.62. The zero-order valence-electron chi connectivity index (χ0n) is 21.0. The van der Waals surface area contributed by atoms with Crippen LogP contribution in [0, 0.1) is 11.2 Å². The molecule has 0 amide bonds. The van der Waals surface area contributed by atoms with E-state index in [4.69, 9.17) is 15.6 Å². The van der Waals surface area contributed by atoms with Gasteiger partial charge in [0.15, 0.2) is 5.84 Å². The van der Waals surface area contributed by atoms with E-state index in [2.05, 4.69) is 29.0 Å². The number of hydrazone groups is 1. The van der Waals surface area contributed by atoms with Crippen LogP contribution in [0.3, 0.4) is 0 Å². The van der Waals surface area contributed by atoms with E-state index in [1.54, 1.807) is 25.4 Å². The van der Waals surface area contributed by atoms with E-state index in [0.717, 1.165) is 41.4 Å². The fraction of sp³-hybridized carbons (Fsp3) is 0.345. The number of nitrogens with zero attached hydrogens (tertiary/aromatic N) is 3. The van der Waals surface area contributed by atoms with E-state index >= 15 is 0 Å². The summed E-state index contributed by atoms with van der Waals surface area (Å²) in [5.74, 6) is 1.50. The maximum absolute atomic E-state index is 13.6.